The number of hydrogen-bond donors (Lipinski definition) is 1. The second kappa shape index (κ2) is 3.72. The lowest BCUT2D eigenvalue weighted by Gasteiger charge is -2.14. The van der Waals surface area contributed by atoms with Gasteiger partial charge in [0.25, 0.3) is 5.91 Å². The predicted molar refractivity (Wildman–Crippen MR) is 57.3 cm³/mol. The molecule has 1 aliphatic heterocycles. The minimum absolute atomic E-state index is 0.0122. The van der Waals surface area contributed by atoms with Crippen molar-refractivity contribution in [2.45, 2.75) is 0 Å². The molecule has 4 nitrogen and oxygen atoms in total. The Labute approximate surface area is 95.8 Å². The normalized spacial score (nSPS) is 15.7. The van der Waals surface area contributed by atoms with E-state index < -0.39 is 6.03 Å². The Bertz CT molecular complexity index is 432. The van der Waals surface area contributed by atoms with Crippen LogP contribution in [0.25, 0.3) is 0 Å². The van der Waals surface area contributed by atoms with E-state index >= 15 is 0 Å². The van der Waals surface area contributed by atoms with E-state index in [-0.39, 0.29) is 12.5 Å². The SMILES string of the molecule is O=C1CNC(=O)N1c1cc(Cl)ccc1Cl. The fourth-order valence-corrected chi connectivity index (χ4v) is 1.69. The van der Waals surface area contributed by atoms with Gasteiger partial charge in [-0.1, -0.05) is 23.2 Å². The van der Waals surface area contributed by atoms with Crippen LogP contribution in [0.5, 0.6) is 0 Å². The van der Waals surface area contributed by atoms with Gasteiger partial charge in [0.15, 0.2) is 0 Å². The summed E-state index contributed by atoms with van der Waals surface area (Å²) in [6.45, 7) is -0.0122. The molecule has 0 aliphatic carbocycles. The lowest BCUT2D eigenvalue weighted by atomic mass is 10.3. The Morgan fingerprint density at radius 3 is 2.60 bits per heavy atom. The monoisotopic (exact) mass is 244 g/mol. The molecule has 0 bridgehead atoms. The summed E-state index contributed by atoms with van der Waals surface area (Å²) in [6.07, 6.45) is 0. The number of imide groups is 1. The second-order valence-corrected chi connectivity index (χ2v) is 3.83. The summed E-state index contributed by atoms with van der Waals surface area (Å²) in [7, 11) is 0. The van der Waals surface area contributed by atoms with E-state index in [1.165, 1.54) is 12.1 Å². The maximum absolute atomic E-state index is 11.4. The van der Waals surface area contributed by atoms with Gasteiger partial charge in [0.1, 0.15) is 0 Å². The van der Waals surface area contributed by atoms with Crippen LogP contribution in [-0.4, -0.2) is 18.5 Å². The zero-order valence-electron chi connectivity index (χ0n) is 7.46. The smallest absolute Gasteiger partial charge is 0.328 e. The standard InChI is InChI=1S/C9H6Cl2N2O2/c10-5-1-2-6(11)7(3-5)13-8(14)4-12-9(13)15/h1-3H,4H2,(H,12,15). The third kappa shape index (κ3) is 1.78. The molecule has 0 aromatic heterocycles. The molecule has 15 heavy (non-hydrogen) atoms. The summed E-state index contributed by atoms with van der Waals surface area (Å²) in [5.41, 5.74) is 0.309. The minimum Gasteiger partial charge on any atom is -0.328 e. The highest BCUT2D eigenvalue weighted by molar-refractivity contribution is 6.37. The van der Waals surface area contributed by atoms with Gasteiger partial charge in [0.2, 0.25) is 0 Å². The van der Waals surface area contributed by atoms with E-state index in [0.717, 1.165) is 4.90 Å². The van der Waals surface area contributed by atoms with Gasteiger partial charge in [0.05, 0.1) is 17.3 Å². The molecule has 2 rings (SSSR count). The summed E-state index contributed by atoms with van der Waals surface area (Å²) in [5.74, 6) is -0.343. The summed E-state index contributed by atoms with van der Waals surface area (Å²) in [6, 6.07) is 4.13. The molecule has 0 saturated carbocycles. The van der Waals surface area contributed by atoms with Gasteiger partial charge in [-0.25, -0.2) is 9.69 Å². The molecule has 1 heterocycles. The highest BCUT2D eigenvalue weighted by atomic mass is 35.5. The average Bonchev–Trinajstić information content (AvgIpc) is 2.51. The number of carbonyl (C=O) groups is 2. The molecule has 0 radical (unpaired) electrons. The van der Waals surface area contributed by atoms with Crippen LogP contribution < -0.4 is 10.2 Å². The van der Waals surface area contributed by atoms with E-state index in [1.54, 1.807) is 6.07 Å². The van der Waals surface area contributed by atoms with Crippen LogP contribution in [-0.2, 0) is 4.79 Å². The van der Waals surface area contributed by atoms with Crippen LogP contribution in [0.15, 0.2) is 18.2 Å². The first-order valence-corrected chi connectivity index (χ1v) is 4.91. The zero-order chi connectivity index (χ0) is 11.0. The van der Waals surface area contributed by atoms with Crippen LogP contribution in [0.2, 0.25) is 10.0 Å². The molecule has 1 aromatic carbocycles. The largest absolute Gasteiger partial charge is 0.329 e. The van der Waals surface area contributed by atoms with Crippen molar-refractivity contribution < 1.29 is 9.59 Å². The number of carbonyl (C=O) groups excluding carboxylic acids is 2. The number of hydrogen-bond acceptors (Lipinski definition) is 2. The van der Waals surface area contributed by atoms with E-state index in [4.69, 9.17) is 23.2 Å². The molecule has 0 atom stereocenters. The van der Waals surface area contributed by atoms with Gasteiger partial charge >= 0.3 is 6.03 Å². The molecule has 1 fully saturated rings. The van der Waals surface area contributed by atoms with E-state index in [9.17, 15) is 9.59 Å². The molecular weight excluding hydrogens is 239 g/mol. The molecule has 0 unspecified atom stereocenters. The molecule has 1 aromatic rings. The van der Waals surface area contributed by atoms with Crippen LogP contribution in [0.4, 0.5) is 10.5 Å². The fraction of sp³-hybridized carbons (Fsp3) is 0.111. The van der Waals surface area contributed by atoms with E-state index in [2.05, 4.69) is 5.32 Å². The maximum atomic E-state index is 11.4. The Morgan fingerprint density at radius 1 is 1.27 bits per heavy atom. The van der Waals surface area contributed by atoms with Gasteiger partial charge in [-0.3, -0.25) is 4.79 Å². The van der Waals surface area contributed by atoms with Crippen molar-refractivity contribution in [3.63, 3.8) is 0 Å². The van der Waals surface area contributed by atoms with Gasteiger partial charge in [-0.05, 0) is 18.2 Å². The molecule has 0 spiro atoms. The quantitative estimate of drug-likeness (QED) is 0.769. The highest BCUT2D eigenvalue weighted by Gasteiger charge is 2.31. The lowest BCUT2D eigenvalue weighted by Crippen LogP contribution is -2.30. The van der Waals surface area contributed by atoms with Crippen molar-refractivity contribution in [1.29, 1.82) is 0 Å². The Morgan fingerprint density at radius 2 is 2.00 bits per heavy atom. The molecule has 6 heteroatoms. The fourth-order valence-electron chi connectivity index (χ4n) is 1.32. The van der Waals surface area contributed by atoms with Crippen molar-refractivity contribution in [2.75, 3.05) is 11.4 Å². The highest BCUT2D eigenvalue weighted by Crippen LogP contribution is 2.30. The van der Waals surface area contributed by atoms with Crippen molar-refractivity contribution in [1.82, 2.24) is 5.32 Å². The van der Waals surface area contributed by atoms with Crippen molar-refractivity contribution in [2.24, 2.45) is 0 Å². The van der Waals surface area contributed by atoms with Gasteiger partial charge in [-0.2, -0.15) is 0 Å². The van der Waals surface area contributed by atoms with Gasteiger partial charge in [0, 0.05) is 5.02 Å². The minimum atomic E-state index is -0.482. The molecule has 3 amide bonds. The average molecular weight is 245 g/mol. The number of nitrogens with one attached hydrogen (secondary N) is 1. The van der Waals surface area contributed by atoms with Crippen LogP contribution >= 0.6 is 23.2 Å². The van der Waals surface area contributed by atoms with Crippen LogP contribution in [0.3, 0.4) is 0 Å². The van der Waals surface area contributed by atoms with Gasteiger partial charge in [-0.15, -0.1) is 0 Å². The maximum Gasteiger partial charge on any atom is 0.329 e. The first-order chi connectivity index (χ1) is 7.09. The number of benzene rings is 1. The third-order valence-electron chi connectivity index (χ3n) is 1.99. The first-order valence-electron chi connectivity index (χ1n) is 4.15. The molecule has 1 N–H and O–H groups in total. The molecule has 1 saturated heterocycles. The molecule has 1 aliphatic rings. The van der Waals surface area contributed by atoms with E-state index in [1.807, 2.05) is 0 Å². The van der Waals surface area contributed by atoms with Crippen molar-refractivity contribution >= 4 is 40.8 Å². The Kier molecular flexibility index (Phi) is 2.54. The number of anilines is 1. The number of nitrogens with zero attached hydrogens (tertiary/aromatic N) is 1. The van der Waals surface area contributed by atoms with Gasteiger partial charge < -0.3 is 5.32 Å². The third-order valence-corrected chi connectivity index (χ3v) is 2.55. The number of rotatable bonds is 1. The van der Waals surface area contributed by atoms with Crippen molar-refractivity contribution in [3.05, 3.63) is 28.2 Å². The first kappa shape index (κ1) is 10.3. The number of halogens is 2. The second-order valence-electron chi connectivity index (χ2n) is 2.98. The molecule has 78 valence electrons. The lowest BCUT2D eigenvalue weighted by molar-refractivity contribution is -0.115. The van der Waals surface area contributed by atoms with E-state index in [0.29, 0.717) is 15.7 Å². The summed E-state index contributed by atoms with van der Waals surface area (Å²) >= 11 is 11.6. The summed E-state index contributed by atoms with van der Waals surface area (Å²) < 4.78 is 0. The number of amides is 3. The Hall–Kier alpha value is -1.26. The van der Waals surface area contributed by atoms with Crippen LogP contribution in [0, 0.1) is 0 Å². The number of urea groups is 1. The predicted octanol–water partition coefficient (Wildman–Crippen LogP) is 2.05. The Balaban J connectivity index is 2.48. The zero-order valence-corrected chi connectivity index (χ0v) is 8.97. The molecular formula is C9H6Cl2N2O2. The van der Waals surface area contributed by atoms with Crippen molar-refractivity contribution in [3.8, 4) is 0 Å². The van der Waals surface area contributed by atoms with Crippen LogP contribution in [0.1, 0.15) is 0 Å². The summed E-state index contributed by atoms with van der Waals surface area (Å²) in [5, 5.41) is 3.13. The summed E-state index contributed by atoms with van der Waals surface area (Å²) in [4.78, 5) is 23.7. The topological polar surface area (TPSA) is 49.4 Å².